The molecule has 0 fully saturated rings. The number of rotatable bonds is 10. The summed E-state index contributed by atoms with van der Waals surface area (Å²) in [6.07, 6.45) is 5.43. The maximum absolute atomic E-state index is 11.2. The molecule has 20 heavy (non-hydrogen) atoms. The van der Waals surface area contributed by atoms with Crippen LogP contribution >= 0.6 is 0 Å². The van der Waals surface area contributed by atoms with Crippen LogP contribution in [0.3, 0.4) is 0 Å². The summed E-state index contributed by atoms with van der Waals surface area (Å²) in [5, 5.41) is 0. The zero-order valence-corrected chi connectivity index (χ0v) is 12.7. The number of ether oxygens (including phenoxy) is 2. The van der Waals surface area contributed by atoms with Gasteiger partial charge in [0, 0.05) is 12.8 Å². The van der Waals surface area contributed by atoms with Crippen molar-refractivity contribution in [1.82, 2.24) is 0 Å². The van der Waals surface area contributed by atoms with Crippen LogP contribution in [0.25, 0.3) is 0 Å². The van der Waals surface area contributed by atoms with E-state index < -0.39 is 0 Å². The first-order chi connectivity index (χ1) is 9.70. The van der Waals surface area contributed by atoms with E-state index in [1.165, 1.54) is 0 Å². The van der Waals surface area contributed by atoms with Gasteiger partial charge in [0.05, 0.1) is 26.1 Å². The monoisotopic (exact) mass is 282 g/mol. The van der Waals surface area contributed by atoms with E-state index in [2.05, 4.69) is 11.8 Å². The Kier molecular flexibility index (Phi) is 12.9. The van der Waals surface area contributed by atoms with Crippen LogP contribution < -0.4 is 0 Å². The van der Waals surface area contributed by atoms with E-state index in [-0.39, 0.29) is 11.9 Å². The quantitative estimate of drug-likeness (QED) is 0.351. The first-order valence-corrected chi connectivity index (χ1v) is 7.47. The van der Waals surface area contributed by atoms with Gasteiger partial charge in [-0.1, -0.05) is 26.7 Å². The first-order valence-electron chi connectivity index (χ1n) is 7.47. The van der Waals surface area contributed by atoms with Crippen molar-refractivity contribution in [3.8, 4) is 11.8 Å². The molecular formula is C16H26O4. The van der Waals surface area contributed by atoms with E-state index in [4.69, 9.17) is 9.47 Å². The van der Waals surface area contributed by atoms with Crippen LogP contribution in [0.15, 0.2) is 0 Å². The van der Waals surface area contributed by atoms with Crippen molar-refractivity contribution in [2.75, 3.05) is 13.2 Å². The summed E-state index contributed by atoms with van der Waals surface area (Å²) < 4.78 is 10.0. The highest BCUT2D eigenvalue weighted by Gasteiger charge is 2.01. The van der Waals surface area contributed by atoms with E-state index in [0.717, 1.165) is 25.7 Å². The van der Waals surface area contributed by atoms with Gasteiger partial charge in [-0.05, 0) is 12.8 Å². The highest BCUT2D eigenvalue weighted by Crippen LogP contribution is 1.97. The second-order valence-corrected chi connectivity index (χ2v) is 4.50. The summed E-state index contributed by atoms with van der Waals surface area (Å²) in [6.45, 7) is 5.08. The third kappa shape index (κ3) is 12.9. The van der Waals surface area contributed by atoms with E-state index >= 15 is 0 Å². The minimum absolute atomic E-state index is 0.202. The predicted octanol–water partition coefficient (Wildman–Crippen LogP) is 3.24. The van der Waals surface area contributed by atoms with E-state index in [1.807, 2.05) is 13.8 Å². The molecule has 0 aromatic heterocycles. The zero-order valence-electron chi connectivity index (χ0n) is 12.7. The maximum atomic E-state index is 11.2. The lowest BCUT2D eigenvalue weighted by Crippen LogP contribution is -2.05. The molecule has 0 aromatic carbocycles. The summed E-state index contributed by atoms with van der Waals surface area (Å²) in [5.74, 6) is 5.34. The number of esters is 2. The lowest BCUT2D eigenvalue weighted by molar-refractivity contribution is -0.144. The van der Waals surface area contributed by atoms with Crippen molar-refractivity contribution in [2.45, 2.75) is 65.2 Å². The van der Waals surface area contributed by atoms with E-state index in [0.29, 0.717) is 38.9 Å². The molecule has 0 N–H and O–H groups in total. The van der Waals surface area contributed by atoms with Crippen molar-refractivity contribution < 1.29 is 19.1 Å². The fraction of sp³-hybridized carbons (Fsp3) is 0.750. The van der Waals surface area contributed by atoms with Gasteiger partial charge in [-0.15, -0.1) is 11.8 Å². The van der Waals surface area contributed by atoms with E-state index in [9.17, 15) is 9.59 Å². The Hall–Kier alpha value is -1.50. The molecule has 0 saturated heterocycles. The molecule has 4 nitrogen and oxygen atoms in total. The molecular weight excluding hydrogens is 256 g/mol. The maximum Gasteiger partial charge on any atom is 0.306 e. The second-order valence-electron chi connectivity index (χ2n) is 4.50. The minimum atomic E-state index is -0.202. The Labute approximate surface area is 122 Å². The van der Waals surface area contributed by atoms with Crippen LogP contribution in [0.2, 0.25) is 0 Å². The molecule has 0 aliphatic carbocycles. The Balaban J connectivity index is 3.49. The number of carbonyl (C=O) groups is 2. The summed E-state index contributed by atoms with van der Waals surface area (Å²) >= 11 is 0. The van der Waals surface area contributed by atoms with Gasteiger partial charge in [-0.3, -0.25) is 9.59 Å². The third-order valence-electron chi connectivity index (χ3n) is 2.56. The smallest absolute Gasteiger partial charge is 0.306 e. The van der Waals surface area contributed by atoms with Crippen molar-refractivity contribution in [1.29, 1.82) is 0 Å². The first kappa shape index (κ1) is 18.5. The van der Waals surface area contributed by atoms with Crippen LogP contribution in [0.5, 0.6) is 0 Å². The molecule has 0 radical (unpaired) electrons. The minimum Gasteiger partial charge on any atom is -0.466 e. The van der Waals surface area contributed by atoms with Crippen molar-refractivity contribution in [3.05, 3.63) is 0 Å². The number of hydrogen-bond acceptors (Lipinski definition) is 4. The predicted molar refractivity (Wildman–Crippen MR) is 78.0 cm³/mol. The van der Waals surface area contributed by atoms with Crippen LogP contribution in [0.1, 0.15) is 65.2 Å². The van der Waals surface area contributed by atoms with Gasteiger partial charge in [0.2, 0.25) is 0 Å². The SMILES string of the molecule is CCCCOC(=O)CCC#CCCC(=O)OCCCC. The lowest BCUT2D eigenvalue weighted by Gasteiger charge is -2.01. The van der Waals surface area contributed by atoms with Gasteiger partial charge < -0.3 is 9.47 Å². The summed E-state index contributed by atoms with van der Waals surface area (Å²) in [7, 11) is 0. The van der Waals surface area contributed by atoms with Gasteiger partial charge >= 0.3 is 11.9 Å². The van der Waals surface area contributed by atoms with E-state index in [1.54, 1.807) is 0 Å². The van der Waals surface area contributed by atoms with Crippen molar-refractivity contribution in [3.63, 3.8) is 0 Å². The number of hydrogen-bond donors (Lipinski definition) is 0. The van der Waals surface area contributed by atoms with Gasteiger partial charge in [0.25, 0.3) is 0 Å². The molecule has 0 rings (SSSR count). The zero-order chi connectivity index (χ0) is 15.1. The molecule has 114 valence electrons. The van der Waals surface area contributed by atoms with Gasteiger partial charge in [-0.25, -0.2) is 0 Å². The number of carbonyl (C=O) groups excluding carboxylic acids is 2. The van der Waals surface area contributed by atoms with Crippen LogP contribution in [-0.2, 0) is 19.1 Å². The molecule has 0 amide bonds. The highest BCUT2D eigenvalue weighted by atomic mass is 16.5. The molecule has 4 heteroatoms. The molecule has 0 spiro atoms. The molecule has 0 aliphatic rings. The summed E-state index contributed by atoms with van der Waals surface area (Å²) in [5.41, 5.74) is 0. The summed E-state index contributed by atoms with van der Waals surface area (Å²) in [6, 6.07) is 0. The van der Waals surface area contributed by atoms with Crippen LogP contribution in [-0.4, -0.2) is 25.2 Å². The van der Waals surface area contributed by atoms with Crippen molar-refractivity contribution in [2.24, 2.45) is 0 Å². The Morgan fingerprint density at radius 3 is 1.55 bits per heavy atom. The average Bonchev–Trinajstić information content (AvgIpc) is 2.43. The molecule has 0 aromatic rings. The normalized spacial score (nSPS) is 9.50. The topological polar surface area (TPSA) is 52.6 Å². The second kappa shape index (κ2) is 13.9. The highest BCUT2D eigenvalue weighted by molar-refractivity contribution is 5.70. The Morgan fingerprint density at radius 2 is 1.20 bits per heavy atom. The fourth-order valence-corrected chi connectivity index (χ4v) is 1.31. The fourth-order valence-electron chi connectivity index (χ4n) is 1.31. The van der Waals surface area contributed by atoms with Gasteiger partial charge in [0.1, 0.15) is 0 Å². The third-order valence-corrected chi connectivity index (χ3v) is 2.56. The molecule has 0 bridgehead atoms. The average molecular weight is 282 g/mol. The molecule has 0 heterocycles. The summed E-state index contributed by atoms with van der Waals surface area (Å²) in [4.78, 5) is 22.5. The van der Waals surface area contributed by atoms with Gasteiger partial charge in [-0.2, -0.15) is 0 Å². The molecule has 0 atom stereocenters. The van der Waals surface area contributed by atoms with Crippen LogP contribution in [0.4, 0.5) is 0 Å². The largest absolute Gasteiger partial charge is 0.466 e. The molecule has 0 aliphatic heterocycles. The van der Waals surface area contributed by atoms with Crippen molar-refractivity contribution >= 4 is 11.9 Å². The Morgan fingerprint density at radius 1 is 0.800 bits per heavy atom. The molecule has 0 saturated carbocycles. The standard InChI is InChI=1S/C16H26O4/c1-3-5-13-19-15(17)11-9-7-8-10-12-16(18)20-14-6-4-2/h3-6,9-14H2,1-2H3. The van der Waals surface area contributed by atoms with Crippen LogP contribution in [0, 0.1) is 11.8 Å². The lowest BCUT2D eigenvalue weighted by atomic mass is 10.2. The molecule has 0 unspecified atom stereocenters. The number of unbranched alkanes of at least 4 members (excludes halogenated alkanes) is 2. The Bertz CT molecular complexity index is 295. The van der Waals surface area contributed by atoms with Gasteiger partial charge in [0.15, 0.2) is 0 Å².